The number of benzene rings is 4. The molecule has 2 heterocycles. The third-order valence-corrected chi connectivity index (χ3v) is 10.0. The molecule has 0 bridgehead atoms. The maximum Gasteiger partial charge on any atom is 0.416 e. The number of amides is 1. The third-order valence-electron chi connectivity index (χ3n) is 9.16. The van der Waals surface area contributed by atoms with Gasteiger partial charge >= 0.3 is 6.18 Å². The van der Waals surface area contributed by atoms with Crippen LogP contribution in [0.1, 0.15) is 54.8 Å². The standard InChI is InChI=1S/C41H40F5N3O3S/c1-27(28-10-12-29(13-11-28)30-14-16-32(17-15-30)41(44,45)46)49(33-18-20-47(21-19-33)22-23-52-2)38(51)25-48-36-9-4-3-7-34(36)37(50)24-39(48)53-26-31-6-5-8-35(42)40(31)43/h3-17,24,27,33H,18-23,25-26H2,1-2H3/i2D3,9D,23D2,26D2,27D. The Hall–Kier alpha value is -4.52. The van der Waals surface area contributed by atoms with Gasteiger partial charge in [0.25, 0.3) is 0 Å². The van der Waals surface area contributed by atoms with Gasteiger partial charge in [-0.1, -0.05) is 60.7 Å². The first-order valence-corrected chi connectivity index (χ1v) is 17.4. The summed E-state index contributed by atoms with van der Waals surface area (Å²) < 4.78 is 149. The molecule has 1 aliphatic heterocycles. The molecule has 0 spiro atoms. The van der Waals surface area contributed by atoms with Crippen LogP contribution in [0.25, 0.3) is 22.0 Å². The maximum atomic E-state index is 15.0. The monoisotopic (exact) mass is 758 g/mol. The lowest BCUT2D eigenvalue weighted by atomic mass is 9.96. The number of methoxy groups -OCH3 is 1. The lowest BCUT2D eigenvalue weighted by Crippen LogP contribution is -2.49. The fourth-order valence-electron chi connectivity index (χ4n) is 6.39. The van der Waals surface area contributed by atoms with Crippen LogP contribution in [0.5, 0.6) is 0 Å². The molecule has 5 aromatic rings. The predicted molar refractivity (Wildman–Crippen MR) is 198 cm³/mol. The summed E-state index contributed by atoms with van der Waals surface area (Å²) in [7, 11) is -3.01. The van der Waals surface area contributed by atoms with Crippen LogP contribution in [0, 0.1) is 11.6 Å². The van der Waals surface area contributed by atoms with Gasteiger partial charge in [-0.3, -0.25) is 9.59 Å². The van der Waals surface area contributed by atoms with E-state index < -0.39 is 84.7 Å². The van der Waals surface area contributed by atoms with Crippen LogP contribution >= 0.6 is 11.8 Å². The van der Waals surface area contributed by atoms with E-state index in [1.54, 1.807) is 29.2 Å². The largest absolute Gasteiger partial charge is 0.416 e. The number of nitrogens with zero attached hydrogens (tertiary/aromatic N) is 3. The Kier molecular flexibility index (Phi) is 8.80. The highest BCUT2D eigenvalue weighted by molar-refractivity contribution is 7.98. The van der Waals surface area contributed by atoms with Crippen LogP contribution in [-0.4, -0.2) is 59.5 Å². The molecule has 53 heavy (non-hydrogen) atoms. The second-order valence-electron chi connectivity index (χ2n) is 12.4. The average molecular weight is 759 g/mol. The summed E-state index contributed by atoms with van der Waals surface area (Å²) >= 11 is 0.322. The Bertz CT molecular complexity index is 2500. The zero-order valence-corrected chi connectivity index (χ0v) is 29.2. The smallest absolute Gasteiger partial charge is 0.383 e. The molecule has 12 heteroatoms. The number of carbonyl (C=O) groups is 1. The minimum absolute atomic E-state index is 0.00745. The minimum atomic E-state index is -4.54. The van der Waals surface area contributed by atoms with Crippen molar-refractivity contribution < 1.29 is 43.8 Å². The first-order chi connectivity index (χ1) is 28.8. The Morgan fingerprint density at radius 1 is 1.04 bits per heavy atom. The van der Waals surface area contributed by atoms with E-state index in [2.05, 4.69) is 4.74 Å². The molecule has 0 aliphatic carbocycles. The number of thioether (sulfide) groups is 1. The van der Waals surface area contributed by atoms with Gasteiger partial charge in [-0.25, -0.2) is 8.78 Å². The number of piperidine rings is 1. The van der Waals surface area contributed by atoms with Gasteiger partial charge in [0.15, 0.2) is 17.1 Å². The Balaban J connectivity index is 1.39. The summed E-state index contributed by atoms with van der Waals surface area (Å²) in [6.07, 6.45) is -4.22. The Labute approximate surface area is 321 Å². The number of halogens is 5. The average Bonchev–Trinajstić information content (AvgIpc) is 3.16. The molecular weight excluding hydrogens is 710 g/mol. The van der Waals surface area contributed by atoms with Gasteiger partial charge in [0.2, 0.25) is 5.91 Å². The molecule has 1 aromatic heterocycles. The summed E-state index contributed by atoms with van der Waals surface area (Å²) in [5.74, 6) is -3.50. The van der Waals surface area contributed by atoms with Gasteiger partial charge in [-0.05, 0) is 66.8 Å². The molecular formula is C41H40F5N3O3S. The quantitative estimate of drug-likeness (QED) is 0.0940. The van der Waals surface area contributed by atoms with E-state index in [0.717, 1.165) is 36.4 Å². The molecule has 1 aliphatic rings. The zero-order valence-electron chi connectivity index (χ0n) is 37.3. The van der Waals surface area contributed by atoms with Crippen LogP contribution < -0.4 is 5.43 Å². The molecule has 278 valence electrons. The van der Waals surface area contributed by atoms with Crippen molar-refractivity contribution in [3.63, 3.8) is 0 Å². The van der Waals surface area contributed by atoms with Crippen molar-refractivity contribution in [1.82, 2.24) is 14.4 Å². The van der Waals surface area contributed by atoms with Gasteiger partial charge in [-0.2, -0.15) is 13.2 Å². The Morgan fingerprint density at radius 3 is 2.42 bits per heavy atom. The number of aromatic nitrogens is 1. The highest BCUT2D eigenvalue weighted by Crippen LogP contribution is 2.34. The molecule has 1 saturated heterocycles. The zero-order chi connectivity index (χ0) is 45.6. The van der Waals surface area contributed by atoms with E-state index in [9.17, 15) is 28.1 Å². The molecule has 6 nitrogen and oxygen atoms in total. The molecule has 0 radical (unpaired) electrons. The normalized spacial score (nSPS) is 18.6. The van der Waals surface area contributed by atoms with E-state index in [1.165, 1.54) is 46.7 Å². The molecule has 1 unspecified atom stereocenters. The molecule has 0 saturated carbocycles. The van der Waals surface area contributed by atoms with Crippen molar-refractivity contribution in [3.8, 4) is 11.1 Å². The van der Waals surface area contributed by atoms with Crippen molar-refractivity contribution in [2.45, 2.75) is 55.3 Å². The number of rotatable bonds is 12. The number of alkyl halides is 3. The SMILES string of the molecule is [2H]c1cccc2c(=O)cc(SC([2H])([2H])c3cccc(F)c3F)n(CC(=O)N(C3CCN(CC([2H])([2H])OC([2H])([2H])[2H])CC3)C([2H])(C)c3ccc(-c4ccc(C(F)(F)F)cc4)cc3)c12. The van der Waals surface area contributed by atoms with E-state index in [-0.39, 0.29) is 53.5 Å². The van der Waals surface area contributed by atoms with E-state index in [4.69, 9.17) is 11.0 Å². The second kappa shape index (κ2) is 16.7. The summed E-state index contributed by atoms with van der Waals surface area (Å²) in [6.45, 7) is -1.92. The van der Waals surface area contributed by atoms with Gasteiger partial charge < -0.3 is 19.1 Å². The minimum Gasteiger partial charge on any atom is -0.383 e. The second-order valence-corrected chi connectivity index (χ2v) is 13.3. The molecule has 6 rings (SSSR count). The van der Waals surface area contributed by atoms with E-state index in [1.807, 2.05) is 0 Å². The van der Waals surface area contributed by atoms with E-state index in [0.29, 0.717) is 22.9 Å². The number of pyridine rings is 1. The number of ether oxygens (including phenoxy) is 1. The van der Waals surface area contributed by atoms with Crippen molar-refractivity contribution >= 4 is 28.6 Å². The first kappa shape index (κ1) is 28.0. The van der Waals surface area contributed by atoms with Gasteiger partial charge in [0.05, 0.1) is 38.3 Å². The summed E-state index contributed by atoms with van der Waals surface area (Å²) in [5, 5.41) is -0.198. The van der Waals surface area contributed by atoms with Crippen molar-refractivity contribution in [3.05, 3.63) is 136 Å². The number of carbonyl (C=O) groups excluding carboxylic acids is 1. The molecule has 4 aromatic carbocycles. The van der Waals surface area contributed by atoms with Crippen molar-refractivity contribution in [1.29, 1.82) is 0 Å². The van der Waals surface area contributed by atoms with Crippen LogP contribution in [0.4, 0.5) is 22.0 Å². The van der Waals surface area contributed by atoms with Crippen molar-refractivity contribution in [2.75, 3.05) is 33.2 Å². The van der Waals surface area contributed by atoms with Gasteiger partial charge in [0.1, 0.15) is 6.54 Å². The highest BCUT2D eigenvalue weighted by atomic mass is 32.2. The summed E-state index contributed by atoms with van der Waals surface area (Å²) in [6, 6.07) is 16.2. The molecule has 1 amide bonds. The number of hydrogen-bond acceptors (Lipinski definition) is 5. The van der Waals surface area contributed by atoms with Gasteiger partial charge in [-0.15, -0.1) is 11.8 Å². The predicted octanol–water partition coefficient (Wildman–Crippen LogP) is 8.96. The Morgan fingerprint density at radius 2 is 1.74 bits per heavy atom. The number of likely N-dealkylation sites (tertiary alicyclic amines) is 1. The van der Waals surface area contributed by atoms with Gasteiger partial charge in [0, 0.05) is 58.2 Å². The number of hydrogen-bond donors (Lipinski definition) is 0. The van der Waals surface area contributed by atoms with Crippen LogP contribution in [0.3, 0.4) is 0 Å². The first-order valence-electron chi connectivity index (χ1n) is 21.1. The lowest BCUT2D eigenvalue weighted by Gasteiger charge is -2.42. The number of fused-ring (bicyclic) bond motifs is 1. The van der Waals surface area contributed by atoms with E-state index >= 15 is 4.79 Å². The highest BCUT2D eigenvalue weighted by Gasteiger charge is 2.33. The fraction of sp³-hybridized carbons (Fsp3) is 0.317. The van der Waals surface area contributed by atoms with Crippen LogP contribution in [0.15, 0.2) is 107 Å². The van der Waals surface area contributed by atoms with Crippen molar-refractivity contribution in [2.24, 2.45) is 0 Å². The van der Waals surface area contributed by atoms with Crippen LogP contribution in [-0.2, 0) is 28.0 Å². The molecule has 0 N–H and O–H groups in total. The molecule has 1 atom stereocenters. The summed E-state index contributed by atoms with van der Waals surface area (Å²) in [4.78, 5) is 31.4. The lowest BCUT2D eigenvalue weighted by molar-refractivity contribution is -0.138. The topological polar surface area (TPSA) is 54.8 Å². The third kappa shape index (κ3) is 8.83. The molecule has 1 fully saturated rings. The fourth-order valence-corrected chi connectivity index (χ4v) is 7.19. The maximum absolute atomic E-state index is 15.0. The van der Waals surface area contributed by atoms with Crippen LogP contribution in [0.2, 0.25) is 0 Å². The summed E-state index contributed by atoms with van der Waals surface area (Å²) in [5.41, 5.74) is -3.66. The number of para-hydroxylation sites is 1.